The van der Waals surface area contributed by atoms with E-state index in [0.717, 1.165) is 26.2 Å². The van der Waals surface area contributed by atoms with Crippen LogP contribution in [0.4, 0.5) is 0 Å². The lowest BCUT2D eigenvalue weighted by Crippen LogP contribution is -2.47. The fourth-order valence-electron chi connectivity index (χ4n) is 1.21. The Balaban J connectivity index is 2.33. The fraction of sp³-hybridized carbons (Fsp3) is 0.750. The molecular weight excluding hydrogens is 140 g/mol. The standard InChI is InChI=1S/C8H15N2O/c1-3-8(11)10-6-4-9(2)5-7-10/h3H,4-7H2,1-2H3. The van der Waals surface area contributed by atoms with Crippen molar-refractivity contribution in [3.63, 3.8) is 0 Å². The van der Waals surface area contributed by atoms with Crippen molar-refractivity contribution < 1.29 is 4.79 Å². The maximum atomic E-state index is 11.1. The van der Waals surface area contributed by atoms with E-state index >= 15 is 0 Å². The van der Waals surface area contributed by atoms with Crippen molar-refractivity contribution in [1.29, 1.82) is 0 Å². The van der Waals surface area contributed by atoms with Gasteiger partial charge in [-0.15, -0.1) is 0 Å². The average molecular weight is 155 g/mol. The molecule has 0 atom stereocenters. The average Bonchev–Trinajstić information content (AvgIpc) is 2.05. The quantitative estimate of drug-likeness (QED) is 0.531. The molecule has 1 aliphatic heterocycles. The van der Waals surface area contributed by atoms with Gasteiger partial charge >= 0.3 is 0 Å². The van der Waals surface area contributed by atoms with Crippen molar-refractivity contribution in [2.24, 2.45) is 0 Å². The largest absolute Gasteiger partial charge is 0.340 e. The zero-order chi connectivity index (χ0) is 8.27. The summed E-state index contributed by atoms with van der Waals surface area (Å²) in [5, 5.41) is 0. The molecule has 11 heavy (non-hydrogen) atoms. The summed E-state index contributed by atoms with van der Waals surface area (Å²) < 4.78 is 0. The van der Waals surface area contributed by atoms with Crippen molar-refractivity contribution >= 4 is 5.91 Å². The zero-order valence-corrected chi connectivity index (χ0v) is 7.21. The van der Waals surface area contributed by atoms with E-state index < -0.39 is 0 Å². The predicted octanol–water partition coefficient (Wildman–Crippen LogP) is -0.0154. The summed E-state index contributed by atoms with van der Waals surface area (Å²) in [6.07, 6.45) is 1.63. The fourth-order valence-corrected chi connectivity index (χ4v) is 1.21. The van der Waals surface area contributed by atoms with Gasteiger partial charge in [-0.25, -0.2) is 0 Å². The first kappa shape index (κ1) is 8.53. The summed E-state index contributed by atoms with van der Waals surface area (Å²) in [5.41, 5.74) is 0. The lowest BCUT2D eigenvalue weighted by atomic mass is 10.3. The highest BCUT2D eigenvalue weighted by Crippen LogP contribution is 2.00. The van der Waals surface area contributed by atoms with Crippen molar-refractivity contribution in [1.82, 2.24) is 9.80 Å². The molecule has 1 aliphatic rings. The number of likely N-dealkylation sites (N-methyl/N-ethyl adjacent to an activating group) is 1. The molecule has 1 saturated heterocycles. The lowest BCUT2D eigenvalue weighted by molar-refractivity contribution is -0.128. The number of amides is 1. The van der Waals surface area contributed by atoms with E-state index in [4.69, 9.17) is 0 Å². The molecule has 1 fully saturated rings. The van der Waals surface area contributed by atoms with Crippen molar-refractivity contribution in [3.8, 4) is 0 Å². The molecule has 0 aliphatic carbocycles. The van der Waals surface area contributed by atoms with Crippen LogP contribution < -0.4 is 0 Å². The van der Waals surface area contributed by atoms with Crippen molar-refractivity contribution in [3.05, 3.63) is 6.42 Å². The number of carbonyl (C=O) groups is 1. The second-order valence-electron chi connectivity index (χ2n) is 2.92. The molecule has 0 aromatic carbocycles. The minimum atomic E-state index is 0.165. The molecular formula is C8H15N2O. The van der Waals surface area contributed by atoms with Gasteiger partial charge in [-0.3, -0.25) is 4.79 Å². The van der Waals surface area contributed by atoms with E-state index in [1.807, 2.05) is 4.90 Å². The van der Waals surface area contributed by atoms with Crippen LogP contribution in [0.2, 0.25) is 0 Å². The third-order valence-electron chi connectivity index (χ3n) is 2.06. The number of rotatable bonds is 1. The molecule has 63 valence electrons. The van der Waals surface area contributed by atoms with Gasteiger partial charge in [0.05, 0.1) is 0 Å². The van der Waals surface area contributed by atoms with Gasteiger partial charge in [0.1, 0.15) is 0 Å². The molecule has 0 N–H and O–H groups in total. The number of hydrogen-bond donors (Lipinski definition) is 0. The monoisotopic (exact) mass is 155 g/mol. The van der Waals surface area contributed by atoms with Gasteiger partial charge in [0.15, 0.2) is 0 Å². The van der Waals surface area contributed by atoms with Gasteiger partial charge in [-0.2, -0.15) is 0 Å². The molecule has 3 heteroatoms. The predicted molar refractivity (Wildman–Crippen MR) is 44.1 cm³/mol. The van der Waals surface area contributed by atoms with Gasteiger partial charge in [0.25, 0.3) is 0 Å². The Labute approximate surface area is 68.0 Å². The van der Waals surface area contributed by atoms with Gasteiger partial charge in [0, 0.05) is 32.6 Å². The first-order valence-electron chi connectivity index (χ1n) is 4.01. The van der Waals surface area contributed by atoms with Crippen LogP contribution in [0.5, 0.6) is 0 Å². The van der Waals surface area contributed by atoms with E-state index in [2.05, 4.69) is 11.9 Å². The summed E-state index contributed by atoms with van der Waals surface area (Å²) in [5.74, 6) is 0.165. The third-order valence-corrected chi connectivity index (χ3v) is 2.06. The maximum Gasteiger partial charge on any atom is 0.226 e. The van der Waals surface area contributed by atoms with Crippen LogP contribution in [-0.2, 0) is 4.79 Å². The molecule has 0 aromatic heterocycles. The Morgan fingerprint density at radius 3 is 2.27 bits per heavy atom. The Hall–Kier alpha value is -0.570. The van der Waals surface area contributed by atoms with Crippen LogP contribution in [0.1, 0.15) is 6.92 Å². The molecule has 0 saturated carbocycles. The van der Waals surface area contributed by atoms with Crippen LogP contribution >= 0.6 is 0 Å². The summed E-state index contributed by atoms with van der Waals surface area (Å²) in [7, 11) is 2.08. The first-order valence-corrected chi connectivity index (χ1v) is 4.01. The van der Waals surface area contributed by atoms with Crippen molar-refractivity contribution in [2.75, 3.05) is 33.2 Å². The Morgan fingerprint density at radius 1 is 1.27 bits per heavy atom. The van der Waals surface area contributed by atoms with E-state index in [9.17, 15) is 4.79 Å². The van der Waals surface area contributed by atoms with Crippen LogP contribution in [0.15, 0.2) is 0 Å². The number of carbonyl (C=O) groups excluding carboxylic acids is 1. The number of piperazine rings is 1. The zero-order valence-electron chi connectivity index (χ0n) is 7.21. The Kier molecular flexibility index (Phi) is 2.88. The molecule has 0 spiro atoms. The molecule has 0 unspecified atom stereocenters. The minimum Gasteiger partial charge on any atom is -0.340 e. The molecule has 3 nitrogen and oxygen atoms in total. The Bertz CT molecular complexity index is 139. The normalized spacial score (nSPS) is 20.4. The molecule has 1 heterocycles. The first-order chi connectivity index (χ1) is 5.24. The molecule has 1 amide bonds. The highest BCUT2D eigenvalue weighted by atomic mass is 16.2. The maximum absolute atomic E-state index is 11.1. The summed E-state index contributed by atoms with van der Waals surface area (Å²) >= 11 is 0. The highest BCUT2D eigenvalue weighted by molar-refractivity contribution is 5.84. The molecule has 1 rings (SSSR count). The minimum absolute atomic E-state index is 0.165. The lowest BCUT2D eigenvalue weighted by Gasteiger charge is -2.32. The SMILES string of the molecule is C[CH]C(=O)N1CCN(C)CC1. The second-order valence-corrected chi connectivity index (χ2v) is 2.92. The third kappa shape index (κ3) is 2.19. The van der Waals surface area contributed by atoms with Gasteiger partial charge in [-0.1, -0.05) is 6.92 Å². The number of nitrogens with zero attached hydrogens (tertiary/aromatic N) is 2. The summed E-state index contributed by atoms with van der Waals surface area (Å²) in [4.78, 5) is 15.2. The van der Waals surface area contributed by atoms with Gasteiger partial charge < -0.3 is 9.80 Å². The van der Waals surface area contributed by atoms with Crippen molar-refractivity contribution in [2.45, 2.75) is 6.92 Å². The highest BCUT2D eigenvalue weighted by Gasteiger charge is 2.16. The van der Waals surface area contributed by atoms with E-state index in [1.54, 1.807) is 13.3 Å². The molecule has 1 radical (unpaired) electrons. The van der Waals surface area contributed by atoms with Gasteiger partial charge in [0.2, 0.25) is 5.91 Å². The van der Waals surface area contributed by atoms with E-state index in [1.165, 1.54) is 0 Å². The molecule has 0 aromatic rings. The topological polar surface area (TPSA) is 23.6 Å². The summed E-state index contributed by atoms with van der Waals surface area (Å²) in [6.45, 7) is 5.54. The Morgan fingerprint density at radius 2 is 1.82 bits per heavy atom. The van der Waals surface area contributed by atoms with Crippen LogP contribution in [-0.4, -0.2) is 48.9 Å². The smallest absolute Gasteiger partial charge is 0.226 e. The van der Waals surface area contributed by atoms with Crippen LogP contribution in [0.25, 0.3) is 0 Å². The van der Waals surface area contributed by atoms with E-state index in [-0.39, 0.29) is 5.91 Å². The summed E-state index contributed by atoms with van der Waals surface area (Å²) in [6, 6.07) is 0. The van der Waals surface area contributed by atoms with Crippen LogP contribution in [0.3, 0.4) is 0 Å². The van der Waals surface area contributed by atoms with E-state index in [0.29, 0.717) is 0 Å². The van der Waals surface area contributed by atoms with Gasteiger partial charge in [-0.05, 0) is 7.05 Å². The van der Waals surface area contributed by atoms with Crippen LogP contribution in [0, 0.1) is 6.42 Å². The number of hydrogen-bond acceptors (Lipinski definition) is 2. The second kappa shape index (κ2) is 3.72. The molecule has 0 bridgehead atoms.